The van der Waals surface area contributed by atoms with E-state index in [1.165, 1.54) is 44.2 Å². The Balaban J connectivity index is 1.04. The summed E-state index contributed by atoms with van der Waals surface area (Å²) in [5, 5.41) is 2.52. The highest BCUT2D eigenvalue weighted by Crippen LogP contribution is 2.57. The first-order valence-corrected chi connectivity index (χ1v) is 17.6. The average Bonchev–Trinajstić information content (AvgIpc) is 3.60. The van der Waals surface area contributed by atoms with Gasteiger partial charge in [0.05, 0.1) is 0 Å². The average molecular weight is 656 g/mol. The normalized spacial score (nSPS) is 17.3. The summed E-state index contributed by atoms with van der Waals surface area (Å²) in [7, 11) is 0. The number of fused-ring (bicyclic) bond motifs is 6. The Hall–Kier alpha value is -6.39. The van der Waals surface area contributed by atoms with Crippen molar-refractivity contribution in [3.05, 3.63) is 192 Å². The lowest BCUT2D eigenvalue weighted by Gasteiger charge is -2.35. The van der Waals surface area contributed by atoms with Gasteiger partial charge in [-0.15, -0.1) is 0 Å². The Kier molecular flexibility index (Phi) is 7.05. The summed E-state index contributed by atoms with van der Waals surface area (Å²) in [6.07, 6.45) is 0.898. The van der Waals surface area contributed by atoms with E-state index >= 15 is 0 Å². The predicted octanol–water partition coefficient (Wildman–Crippen LogP) is 11.2. The van der Waals surface area contributed by atoms with E-state index in [-0.39, 0.29) is 17.9 Å². The van der Waals surface area contributed by atoms with Crippen LogP contribution in [0.3, 0.4) is 0 Å². The maximum Gasteiger partial charge on any atom is 0.164 e. The topological polar surface area (TPSA) is 47.9 Å². The molecule has 1 aromatic heterocycles. The van der Waals surface area contributed by atoms with E-state index in [0.29, 0.717) is 17.5 Å². The third-order valence-electron chi connectivity index (χ3n) is 10.6. The number of ether oxygens (including phenoxy) is 1. The molecule has 0 saturated carbocycles. The Morgan fingerprint density at radius 2 is 1.02 bits per heavy atom. The number of hydrogen-bond donors (Lipinski definition) is 0. The van der Waals surface area contributed by atoms with E-state index in [9.17, 15) is 0 Å². The van der Waals surface area contributed by atoms with E-state index in [2.05, 4.69) is 109 Å². The van der Waals surface area contributed by atoms with Crippen molar-refractivity contribution in [2.75, 3.05) is 0 Å². The summed E-state index contributed by atoms with van der Waals surface area (Å²) in [4.78, 5) is 14.9. The molecule has 51 heavy (non-hydrogen) atoms. The van der Waals surface area contributed by atoms with Crippen molar-refractivity contribution >= 4 is 10.8 Å². The SMILES string of the molecule is c1ccc(-c2nc(-c3ccccc3)nc(-c3ccc4c(c3)OC3c5ccccc5CC(c5ccc(-c6ccc7ccccc7c6)cc5)C43)n2)cc1. The summed E-state index contributed by atoms with van der Waals surface area (Å²) in [6.45, 7) is 0. The van der Waals surface area contributed by atoms with Crippen LogP contribution in [0, 0.1) is 0 Å². The maximum atomic E-state index is 6.94. The molecule has 242 valence electrons. The summed E-state index contributed by atoms with van der Waals surface area (Å²) >= 11 is 0. The van der Waals surface area contributed by atoms with Gasteiger partial charge in [0.15, 0.2) is 17.5 Å². The molecule has 0 spiro atoms. The van der Waals surface area contributed by atoms with E-state index in [4.69, 9.17) is 19.7 Å². The van der Waals surface area contributed by atoms with Crippen LogP contribution in [0.2, 0.25) is 0 Å². The van der Waals surface area contributed by atoms with E-state index < -0.39 is 0 Å². The quantitative estimate of drug-likeness (QED) is 0.185. The van der Waals surface area contributed by atoms with Crippen LogP contribution in [0.4, 0.5) is 0 Å². The van der Waals surface area contributed by atoms with Crippen molar-refractivity contribution in [1.82, 2.24) is 15.0 Å². The van der Waals surface area contributed by atoms with Crippen LogP contribution in [0.1, 0.15) is 40.2 Å². The molecular formula is C47H33N3O. The second-order valence-electron chi connectivity index (χ2n) is 13.5. The Labute approximate surface area is 297 Å². The van der Waals surface area contributed by atoms with Crippen molar-refractivity contribution < 1.29 is 4.74 Å². The van der Waals surface area contributed by atoms with Gasteiger partial charge in [-0.05, 0) is 63.1 Å². The first-order valence-electron chi connectivity index (χ1n) is 17.6. The molecule has 0 saturated heterocycles. The third kappa shape index (κ3) is 5.28. The van der Waals surface area contributed by atoms with E-state index in [1.807, 2.05) is 60.7 Å². The van der Waals surface area contributed by atoms with Crippen LogP contribution in [0.25, 0.3) is 56.1 Å². The summed E-state index contributed by atoms with van der Waals surface area (Å²) in [5.41, 5.74) is 10.5. The Morgan fingerprint density at radius 1 is 0.431 bits per heavy atom. The van der Waals surface area contributed by atoms with E-state index in [0.717, 1.165) is 28.9 Å². The van der Waals surface area contributed by atoms with Gasteiger partial charge < -0.3 is 4.74 Å². The molecule has 0 bridgehead atoms. The zero-order valence-electron chi connectivity index (χ0n) is 27.9. The van der Waals surface area contributed by atoms with Crippen LogP contribution >= 0.6 is 0 Å². The van der Waals surface area contributed by atoms with Crippen molar-refractivity contribution in [3.8, 4) is 51.0 Å². The fourth-order valence-corrected chi connectivity index (χ4v) is 8.02. The van der Waals surface area contributed by atoms with Crippen LogP contribution in [-0.4, -0.2) is 15.0 Å². The van der Waals surface area contributed by atoms with Gasteiger partial charge in [0.2, 0.25) is 0 Å². The molecule has 7 aromatic carbocycles. The van der Waals surface area contributed by atoms with Gasteiger partial charge in [0.1, 0.15) is 11.9 Å². The molecule has 3 atom stereocenters. The molecule has 1 aliphatic heterocycles. The van der Waals surface area contributed by atoms with Gasteiger partial charge in [-0.3, -0.25) is 0 Å². The highest BCUT2D eigenvalue weighted by molar-refractivity contribution is 5.87. The predicted molar refractivity (Wildman–Crippen MR) is 205 cm³/mol. The first kappa shape index (κ1) is 29.5. The summed E-state index contributed by atoms with van der Waals surface area (Å²) in [5.74, 6) is 3.29. The zero-order valence-corrected chi connectivity index (χ0v) is 27.9. The van der Waals surface area contributed by atoms with Gasteiger partial charge in [0, 0.05) is 28.2 Å². The number of aromatic nitrogens is 3. The third-order valence-corrected chi connectivity index (χ3v) is 10.6. The van der Waals surface area contributed by atoms with Crippen molar-refractivity contribution in [1.29, 1.82) is 0 Å². The fraction of sp³-hybridized carbons (Fsp3) is 0.0851. The largest absolute Gasteiger partial charge is 0.485 e. The Morgan fingerprint density at radius 3 is 1.75 bits per heavy atom. The molecule has 0 amide bonds. The highest BCUT2D eigenvalue weighted by atomic mass is 16.5. The number of benzene rings is 7. The molecule has 8 aromatic rings. The van der Waals surface area contributed by atoms with Crippen molar-refractivity contribution in [2.24, 2.45) is 0 Å². The lowest BCUT2D eigenvalue weighted by atomic mass is 9.69. The second-order valence-corrected chi connectivity index (χ2v) is 13.5. The standard InChI is InChI=1S/C47H33N3O/c1-3-12-33(13-4-1)45-48-46(34-14-5-2-6-15-34)50-47(49-45)38-25-26-40-42(29-38)51-44-39-18-10-9-17-37(39)28-41(43(40)44)32-22-19-31(20-23-32)36-24-21-30-11-7-8-16-35(30)27-36/h1-27,29,41,43-44H,28H2. The molecule has 0 N–H and O–H groups in total. The van der Waals surface area contributed by atoms with Crippen LogP contribution < -0.4 is 4.74 Å². The summed E-state index contributed by atoms with van der Waals surface area (Å²) < 4.78 is 6.94. The molecule has 1 aliphatic carbocycles. The van der Waals surface area contributed by atoms with Gasteiger partial charge in [-0.2, -0.15) is 0 Å². The molecular weight excluding hydrogens is 623 g/mol. The summed E-state index contributed by atoms with van der Waals surface area (Å²) in [6, 6.07) is 60.0. The number of rotatable bonds is 5. The molecule has 2 aliphatic rings. The lowest BCUT2D eigenvalue weighted by Crippen LogP contribution is -2.25. The molecule has 0 radical (unpaired) electrons. The highest BCUT2D eigenvalue weighted by Gasteiger charge is 2.45. The zero-order chi connectivity index (χ0) is 33.7. The fourth-order valence-electron chi connectivity index (χ4n) is 8.02. The van der Waals surface area contributed by atoms with Gasteiger partial charge >= 0.3 is 0 Å². The van der Waals surface area contributed by atoms with Crippen LogP contribution in [-0.2, 0) is 6.42 Å². The smallest absolute Gasteiger partial charge is 0.164 e. The minimum Gasteiger partial charge on any atom is -0.485 e. The van der Waals surface area contributed by atoms with Crippen molar-refractivity contribution in [3.63, 3.8) is 0 Å². The minimum atomic E-state index is -0.0662. The maximum absolute atomic E-state index is 6.94. The Bertz CT molecular complexity index is 2490. The molecule has 0 fully saturated rings. The first-order chi connectivity index (χ1) is 25.2. The van der Waals surface area contributed by atoms with Crippen LogP contribution in [0.15, 0.2) is 170 Å². The van der Waals surface area contributed by atoms with Gasteiger partial charge in [-0.25, -0.2) is 15.0 Å². The molecule has 4 nitrogen and oxygen atoms in total. The van der Waals surface area contributed by atoms with Gasteiger partial charge in [-0.1, -0.05) is 158 Å². The van der Waals surface area contributed by atoms with Crippen LogP contribution in [0.5, 0.6) is 5.75 Å². The van der Waals surface area contributed by atoms with Gasteiger partial charge in [0.25, 0.3) is 0 Å². The number of nitrogens with zero attached hydrogens (tertiary/aromatic N) is 3. The second kappa shape index (κ2) is 12.2. The lowest BCUT2D eigenvalue weighted by molar-refractivity contribution is 0.184. The molecule has 10 rings (SSSR count). The molecule has 3 unspecified atom stereocenters. The van der Waals surface area contributed by atoms with E-state index in [1.54, 1.807) is 0 Å². The number of hydrogen-bond acceptors (Lipinski definition) is 4. The van der Waals surface area contributed by atoms with Crippen molar-refractivity contribution in [2.45, 2.75) is 24.4 Å². The molecule has 4 heteroatoms. The monoisotopic (exact) mass is 655 g/mol. The molecule has 2 heterocycles. The minimum absolute atomic E-state index is 0.0662.